The summed E-state index contributed by atoms with van der Waals surface area (Å²) in [6.07, 6.45) is 9.11. The van der Waals surface area contributed by atoms with Crippen LogP contribution in [0.2, 0.25) is 0 Å². The fourth-order valence-corrected chi connectivity index (χ4v) is 3.79. The van der Waals surface area contributed by atoms with Gasteiger partial charge in [-0.2, -0.15) is 5.26 Å². The van der Waals surface area contributed by atoms with E-state index in [4.69, 9.17) is 4.74 Å². The molecule has 2 aliphatic rings. The lowest BCUT2D eigenvalue weighted by Gasteiger charge is -2.28. The van der Waals surface area contributed by atoms with E-state index in [2.05, 4.69) is 29.2 Å². The van der Waals surface area contributed by atoms with Crippen LogP contribution >= 0.6 is 0 Å². The van der Waals surface area contributed by atoms with Gasteiger partial charge in [0.2, 0.25) is 0 Å². The van der Waals surface area contributed by atoms with Gasteiger partial charge >= 0.3 is 5.97 Å². The van der Waals surface area contributed by atoms with Crippen molar-refractivity contribution in [1.82, 2.24) is 0 Å². The molecule has 0 amide bonds. The molecule has 0 unspecified atom stereocenters. The molecule has 2 aliphatic heterocycles. The van der Waals surface area contributed by atoms with Crippen molar-refractivity contribution >= 4 is 23.3 Å². The van der Waals surface area contributed by atoms with E-state index >= 15 is 0 Å². The van der Waals surface area contributed by atoms with E-state index in [1.54, 1.807) is 36.4 Å². The molecule has 0 aromatic heterocycles. The molecule has 5 nitrogen and oxygen atoms in total. The first-order valence-electron chi connectivity index (χ1n) is 10.1. The van der Waals surface area contributed by atoms with Gasteiger partial charge in [-0.05, 0) is 55.2 Å². The van der Waals surface area contributed by atoms with Crippen LogP contribution in [0.4, 0.5) is 5.69 Å². The minimum Gasteiger partial charge on any atom is -0.477 e. The molecule has 0 aliphatic carbocycles. The number of carboxylic acid groups (broad SMARTS) is 1. The first-order valence-corrected chi connectivity index (χ1v) is 10.1. The number of aliphatic carboxylic acids is 1. The molecule has 1 fully saturated rings. The summed E-state index contributed by atoms with van der Waals surface area (Å²) in [5.74, 6) is -0.237. The molecule has 2 aromatic rings. The van der Waals surface area contributed by atoms with Crippen molar-refractivity contribution in [2.24, 2.45) is 0 Å². The van der Waals surface area contributed by atoms with Gasteiger partial charge in [-0.25, -0.2) is 4.79 Å². The molecule has 0 atom stereocenters. The van der Waals surface area contributed by atoms with E-state index in [0.29, 0.717) is 22.6 Å². The predicted octanol–water partition coefficient (Wildman–Crippen LogP) is 5.03. The van der Waals surface area contributed by atoms with Crippen molar-refractivity contribution in [3.63, 3.8) is 0 Å². The molecule has 2 heterocycles. The minimum atomic E-state index is -1.25. The summed E-state index contributed by atoms with van der Waals surface area (Å²) in [5.41, 5.74) is 2.90. The second kappa shape index (κ2) is 8.71. The van der Waals surface area contributed by atoms with Gasteiger partial charge in [0.05, 0.1) is 0 Å². The lowest BCUT2D eigenvalue weighted by atomic mass is 9.96. The Morgan fingerprint density at radius 1 is 1.03 bits per heavy atom. The van der Waals surface area contributed by atoms with Crippen molar-refractivity contribution in [2.75, 3.05) is 18.0 Å². The highest BCUT2D eigenvalue weighted by Crippen LogP contribution is 2.36. The highest BCUT2D eigenvalue weighted by atomic mass is 16.5. The van der Waals surface area contributed by atoms with Crippen LogP contribution in [-0.2, 0) is 4.79 Å². The lowest BCUT2D eigenvalue weighted by molar-refractivity contribution is -0.132. The van der Waals surface area contributed by atoms with Crippen LogP contribution in [0.1, 0.15) is 30.4 Å². The third-order valence-corrected chi connectivity index (χ3v) is 5.34. The van der Waals surface area contributed by atoms with E-state index in [1.165, 1.54) is 24.9 Å². The maximum Gasteiger partial charge on any atom is 0.347 e. The third-order valence-electron chi connectivity index (χ3n) is 5.34. The molecule has 0 spiro atoms. The summed E-state index contributed by atoms with van der Waals surface area (Å²) in [4.78, 5) is 13.9. The minimum absolute atomic E-state index is 0.303. The molecule has 150 valence electrons. The number of hydrogen-bond acceptors (Lipinski definition) is 4. The standard InChI is InChI=1S/C25H22N2O3/c26-17-23(25(28)29)22-16-20(30-24-7-3-2-6-21(22)24)13-10-18-8-11-19(12-9-18)27-14-4-1-5-15-27/h2-3,6-13,16H,1,4-5,14-15H2,(H,28,29)/b13-10+,23-22-. The SMILES string of the molecule is N#C/C(C(=O)O)=C1C=C(/C=C/c2ccc(N3CCCCC3)cc2)Oc2ccccc2\1. The molecular weight excluding hydrogens is 376 g/mol. The van der Waals surface area contributed by atoms with Gasteiger partial charge in [0.25, 0.3) is 0 Å². The summed E-state index contributed by atoms with van der Waals surface area (Å²) in [6.45, 7) is 2.21. The Morgan fingerprint density at radius 3 is 2.47 bits per heavy atom. The molecule has 1 saturated heterocycles. The number of anilines is 1. The highest BCUT2D eigenvalue weighted by molar-refractivity contribution is 6.04. The second-order valence-electron chi connectivity index (χ2n) is 7.32. The predicted molar refractivity (Wildman–Crippen MR) is 117 cm³/mol. The molecule has 4 rings (SSSR count). The number of hydrogen-bond donors (Lipinski definition) is 1. The quantitative estimate of drug-likeness (QED) is 0.578. The largest absolute Gasteiger partial charge is 0.477 e. The first kappa shape index (κ1) is 19.5. The molecule has 2 aromatic carbocycles. The molecular formula is C25H22N2O3. The Kier molecular flexibility index (Phi) is 5.67. The van der Waals surface area contributed by atoms with Crippen LogP contribution in [0, 0.1) is 11.3 Å². The van der Waals surface area contributed by atoms with Crippen LogP contribution in [0.15, 0.2) is 72.0 Å². The van der Waals surface area contributed by atoms with Gasteiger partial charge < -0.3 is 14.7 Å². The van der Waals surface area contributed by atoms with Gasteiger partial charge in [-0.15, -0.1) is 0 Å². The van der Waals surface area contributed by atoms with Gasteiger partial charge in [0, 0.05) is 29.9 Å². The normalized spacial score (nSPS) is 17.6. The Labute approximate surface area is 175 Å². The fourth-order valence-electron chi connectivity index (χ4n) is 3.79. The average molecular weight is 398 g/mol. The van der Waals surface area contributed by atoms with E-state index < -0.39 is 5.97 Å². The van der Waals surface area contributed by atoms with E-state index in [1.807, 2.05) is 12.1 Å². The maximum atomic E-state index is 11.5. The van der Waals surface area contributed by atoms with Crippen LogP contribution in [-0.4, -0.2) is 24.2 Å². The summed E-state index contributed by atoms with van der Waals surface area (Å²) in [6, 6.07) is 17.3. The zero-order valence-electron chi connectivity index (χ0n) is 16.5. The third kappa shape index (κ3) is 4.13. The van der Waals surface area contributed by atoms with Crippen molar-refractivity contribution in [1.29, 1.82) is 5.26 Å². The number of fused-ring (bicyclic) bond motifs is 1. The average Bonchev–Trinajstić information content (AvgIpc) is 2.79. The molecule has 0 saturated carbocycles. The number of piperidine rings is 1. The molecule has 0 radical (unpaired) electrons. The number of para-hydroxylation sites is 1. The van der Waals surface area contributed by atoms with E-state index in [-0.39, 0.29) is 5.57 Å². The number of allylic oxidation sites excluding steroid dienone is 3. The number of carbonyl (C=O) groups is 1. The van der Waals surface area contributed by atoms with Crippen LogP contribution < -0.4 is 9.64 Å². The summed E-state index contributed by atoms with van der Waals surface area (Å²) >= 11 is 0. The number of ether oxygens (including phenoxy) is 1. The molecule has 5 heteroatoms. The summed E-state index contributed by atoms with van der Waals surface area (Å²) < 4.78 is 5.91. The number of benzene rings is 2. The number of rotatable bonds is 4. The van der Waals surface area contributed by atoms with Gasteiger partial charge in [-0.1, -0.05) is 36.4 Å². The maximum absolute atomic E-state index is 11.5. The number of nitrogens with zero attached hydrogens (tertiary/aromatic N) is 2. The van der Waals surface area contributed by atoms with Gasteiger partial charge in [0.15, 0.2) is 0 Å². The second-order valence-corrected chi connectivity index (χ2v) is 7.32. The Hall–Kier alpha value is -3.78. The molecule has 1 N–H and O–H groups in total. The van der Waals surface area contributed by atoms with Crippen LogP contribution in [0.3, 0.4) is 0 Å². The monoisotopic (exact) mass is 398 g/mol. The first-order chi connectivity index (χ1) is 14.7. The van der Waals surface area contributed by atoms with Crippen molar-refractivity contribution in [3.8, 4) is 11.8 Å². The number of carboxylic acids is 1. The highest BCUT2D eigenvalue weighted by Gasteiger charge is 2.22. The Bertz CT molecular complexity index is 1080. The zero-order valence-corrected chi connectivity index (χ0v) is 16.5. The lowest BCUT2D eigenvalue weighted by Crippen LogP contribution is -2.29. The van der Waals surface area contributed by atoms with Crippen LogP contribution in [0.25, 0.3) is 11.6 Å². The van der Waals surface area contributed by atoms with Crippen LogP contribution in [0.5, 0.6) is 5.75 Å². The van der Waals surface area contributed by atoms with Crippen molar-refractivity contribution in [3.05, 3.63) is 83.1 Å². The smallest absolute Gasteiger partial charge is 0.347 e. The Balaban J connectivity index is 1.59. The zero-order chi connectivity index (χ0) is 20.9. The molecule has 0 bridgehead atoms. The van der Waals surface area contributed by atoms with Gasteiger partial charge in [0.1, 0.15) is 23.2 Å². The fraction of sp³-hybridized carbons (Fsp3) is 0.200. The Morgan fingerprint density at radius 2 is 1.77 bits per heavy atom. The van der Waals surface area contributed by atoms with E-state index in [9.17, 15) is 15.2 Å². The number of nitriles is 1. The topological polar surface area (TPSA) is 73.6 Å². The summed E-state index contributed by atoms with van der Waals surface area (Å²) in [5, 5.41) is 18.7. The van der Waals surface area contributed by atoms with Crippen molar-refractivity contribution in [2.45, 2.75) is 19.3 Å². The van der Waals surface area contributed by atoms with Crippen molar-refractivity contribution < 1.29 is 14.6 Å². The van der Waals surface area contributed by atoms with Gasteiger partial charge in [-0.3, -0.25) is 0 Å². The van der Waals surface area contributed by atoms with E-state index in [0.717, 1.165) is 18.7 Å². The molecule has 30 heavy (non-hydrogen) atoms. The summed E-state index contributed by atoms with van der Waals surface area (Å²) in [7, 11) is 0.